The summed E-state index contributed by atoms with van der Waals surface area (Å²) in [5.41, 5.74) is 12.3. The number of aromatic nitrogens is 1. The van der Waals surface area contributed by atoms with Gasteiger partial charge in [0.2, 0.25) is 5.91 Å². The number of carbonyl (C=O) groups is 1. The predicted molar refractivity (Wildman–Crippen MR) is 86.2 cm³/mol. The van der Waals surface area contributed by atoms with E-state index in [1.165, 1.54) is 0 Å². The Bertz CT molecular complexity index is 668. The summed E-state index contributed by atoms with van der Waals surface area (Å²) >= 11 is 0. The van der Waals surface area contributed by atoms with Gasteiger partial charge in [-0.3, -0.25) is 4.79 Å². The third-order valence-corrected chi connectivity index (χ3v) is 4.09. The van der Waals surface area contributed by atoms with Gasteiger partial charge in [0.05, 0.1) is 16.6 Å². The normalized spacial score (nSPS) is 14.1. The van der Waals surface area contributed by atoms with Gasteiger partial charge in [-0.25, -0.2) is 4.98 Å². The minimum absolute atomic E-state index is 0.301. The van der Waals surface area contributed by atoms with Crippen molar-refractivity contribution >= 4 is 22.6 Å². The van der Waals surface area contributed by atoms with Crippen LogP contribution in [0.3, 0.4) is 0 Å². The minimum atomic E-state index is -0.462. The molecule has 1 aromatic heterocycles. The van der Waals surface area contributed by atoms with Gasteiger partial charge in [-0.05, 0) is 25.0 Å². The lowest BCUT2D eigenvalue weighted by Gasteiger charge is -2.34. The van der Waals surface area contributed by atoms with E-state index < -0.39 is 5.91 Å². The maximum atomic E-state index is 11.7. The molecule has 0 radical (unpaired) electrons. The van der Waals surface area contributed by atoms with Crippen molar-refractivity contribution in [3.63, 3.8) is 0 Å². The molecule has 0 aliphatic rings. The number of carbonyl (C=O) groups excluding carboxylic acids is 1. The second-order valence-electron chi connectivity index (χ2n) is 5.84. The summed E-state index contributed by atoms with van der Waals surface area (Å²) in [4.78, 5) is 16.2. The zero-order valence-corrected chi connectivity index (χ0v) is 12.7. The third-order valence-electron chi connectivity index (χ3n) is 4.09. The lowest BCUT2D eigenvalue weighted by Crippen LogP contribution is -2.47. The molecule has 1 atom stereocenters. The molecule has 1 aromatic carbocycles. The zero-order valence-electron chi connectivity index (χ0n) is 12.7. The van der Waals surface area contributed by atoms with Crippen LogP contribution in [0, 0.1) is 5.92 Å². The molecule has 1 heterocycles. The SMILES string of the molecule is CC(C)C(C)(CN)Nc1cc(C(N)=O)c2ccccc2n1. The molecule has 2 aromatic rings. The zero-order chi connectivity index (χ0) is 15.6. The van der Waals surface area contributed by atoms with Gasteiger partial charge in [-0.15, -0.1) is 0 Å². The number of pyridine rings is 1. The molecule has 0 bridgehead atoms. The summed E-state index contributed by atoms with van der Waals surface area (Å²) in [7, 11) is 0. The predicted octanol–water partition coefficient (Wildman–Crippen LogP) is 2.12. The van der Waals surface area contributed by atoms with Crippen molar-refractivity contribution in [3.8, 4) is 0 Å². The number of nitrogens with zero attached hydrogens (tertiary/aromatic N) is 1. The number of rotatable bonds is 5. The summed E-state index contributed by atoms with van der Waals surface area (Å²) in [5, 5.41) is 4.11. The van der Waals surface area contributed by atoms with Gasteiger partial charge >= 0.3 is 0 Å². The molecule has 1 amide bonds. The highest BCUT2D eigenvalue weighted by Gasteiger charge is 2.27. The van der Waals surface area contributed by atoms with Crippen LogP contribution >= 0.6 is 0 Å². The molecule has 0 fully saturated rings. The van der Waals surface area contributed by atoms with Crippen molar-refractivity contribution in [1.82, 2.24) is 4.98 Å². The second-order valence-corrected chi connectivity index (χ2v) is 5.84. The van der Waals surface area contributed by atoms with Crippen LogP contribution in [-0.4, -0.2) is 23.0 Å². The van der Waals surface area contributed by atoms with Crippen molar-refractivity contribution in [2.24, 2.45) is 17.4 Å². The van der Waals surface area contributed by atoms with Crippen molar-refractivity contribution in [2.75, 3.05) is 11.9 Å². The summed E-state index contributed by atoms with van der Waals surface area (Å²) < 4.78 is 0. The molecule has 112 valence electrons. The highest BCUT2D eigenvalue weighted by atomic mass is 16.1. The Balaban J connectivity index is 2.53. The van der Waals surface area contributed by atoms with Gasteiger partial charge in [0.1, 0.15) is 5.82 Å². The van der Waals surface area contributed by atoms with Gasteiger partial charge in [0, 0.05) is 11.9 Å². The van der Waals surface area contributed by atoms with E-state index in [1.54, 1.807) is 6.07 Å². The Morgan fingerprint density at radius 2 is 2.05 bits per heavy atom. The monoisotopic (exact) mass is 286 g/mol. The Morgan fingerprint density at radius 1 is 1.38 bits per heavy atom. The number of hydrogen-bond acceptors (Lipinski definition) is 4. The first kappa shape index (κ1) is 15.3. The van der Waals surface area contributed by atoms with Crippen LogP contribution in [0.2, 0.25) is 0 Å². The molecule has 2 rings (SSSR count). The van der Waals surface area contributed by atoms with E-state index in [2.05, 4.69) is 24.1 Å². The number of anilines is 1. The number of fused-ring (bicyclic) bond motifs is 1. The first-order valence-corrected chi connectivity index (χ1v) is 7.05. The summed E-state index contributed by atoms with van der Waals surface area (Å²) in [6.07, 6.45) is 0. The lowest BCUT2D eigenvalue weighted by molar-refractivity contribution is 0.100. The van der Waals surface area contributed by atoms with E-state index >= 15 is 0 Å². The molecule has 0 saturated heterocycles. The van der Waals surface area contributed by atoms with Crippen molar-refractivity contribution in [3.05, 3.63) is 35.9 Å². The molecule has 0 aliphatic heterocycles. The van der Waals surface area contributed by atoms with E-state index in [1.807, 2.05) is 31.2 Å². The third kappa shape index (κ3) is 2.97. The highest BCUT2D eigenvalue weighted by Crippen LogP contribution is 2.25. The minimum Gasteiger partial charge on any atom is -0.366 e. The number of nitrogens with two attached hydrogens (primary N) is 2. The fraction of sp³-hybridized carbons (Fsp3) is 0.375. The molecule has 0 aliphatic carbocycles. The Kier molecular flexibility index (Phi) is 4.14. The maximum Gasteiger partial charge on any atom is 0.249 e. The summed E-state index contributed by atoms with van der Waals surface area (Å²) in [6, 6.07) is 9.15. The van der Waals surface area contributed by atoms with Crippen molar-refractivity contribution in [1.29, 1.82) is 0 Å². The Labute approximate surface area is 124 Å². The van der Waals surface area contributed by atoms with Gasteiger partial charge in [0.15, 0.2) is 0 Å². The molecule has 0 saturated carbocycles. The molecule has 5 heteroatoms. The molecular formula is C16H22N4O. The van der Waals surface area contributed by atoms with E-state index in [4.69, 9.17) is 11.5 Å². The van der Waals surface area contributed by atoms with Gasteiger partial charge in [-0.2, -0.15) is 0 Å². The topological polar surface area (TPSA) is 94.0 Å². The average molecular weight is 286 g/mol. The van der Waals surface area contributed by atoms with Crippen LogP contribution in [0.15, 0.2) is 30.3 Å². The largest absolute Gasteiger partial charge is 0.366 e. The molecular weight excluding hydrogens is 264 g/mol. The summed E-state index contributed by atoms with van der Waals surface area (Å²) in [6.45, 7) is 6.69. The highest BCUT2D eigenvalue weighted by molar-refractivity contribution is 6.06. The molecule has 1 unspecified atom stereocenters. The van der Waals surface area contributed by atoms with E-state index in [0.29, 0.717) is 23.8 Å². The van der Waals surface area contributed by atoms with Gasteiger partial charge in [0.25, 0.3) is 0 Å². The first-order chi connectivity index (χ1) is 9.87. The average Bonchev–Trinajstić information content (AvgIpc) is 2.45. The number of primary amides is 1. The lowest BCUT2D eigenvalue weighted by atomic mass is 9.88. The van der Waals surface area contributed by atoms with Crippen LogP contribution < -0.4 is 16.8 Å². The van der Waals surface area contributed by atoms with Crippen LogP contribution in [0.5, 0.6) is 0 Å². The molecule has 5 N–H and O–H groups in total. The number of benzene rings is 1. The smallest absolute Gasteiger partial charge is 0.249 e. The number of para-hydroxylation sites is 1. The first-order valence-electron chi connectivity index (χ1n) is 7.05. The van der Waals surface area contributed by atoms with E-state index in [-0.39, 0.29) is 5.54 Å². The summed E-state index contributed by atoms with van der Waals surface area (Å²) in [5.74, 6) is 0.465. The van der Waals surface area contributed by atoms with Crippen molar-refractivity contribution in [2.45, 2.75) is 26.3 Å². The van der Waals surface area contributed by atoms with Gasteiger partial charge < -0.3 is 16.8 Å². The number of hydrogen-bond donors (Lipinski definition) is 3. The second kappa shape index (κ2) is 5.69. The van der Waals surface area contributed by atoms with E-state index in [9.17, 15) is 4.79 Å². The number of amides is 1. The van der Waals surface area contributed by atoms with Crippen molar-refractivity contribution < 1.29 is 4.79 Å². The standard InChI is InChI=1S/C16H22N4O/c1-10(2)16(3,9-17)20-14-8-12(15(18)21)11-6-4-5-7-13(11)19-14/h4-8,10H,9,17H2,1-3H3,(H2,18,21)(H,19,20). The van der Waals surface area contributed by atoms with Crippen LogP contribution in [-0.2, 0) is 0 Å². The Hall–Kier alpha value is -2.14. The fourth-order valence-corrected chi connectivity index (χ4v) is 2.17. The number of nitrogens with one attached hydrogen (secondary N) is 1. The van der Waals surface area contributed by atoms with Crippen LogP contribution in [0.1, 0.15) is 31.1 Å². The molecule has 5 nitrogen and oxygen atoms in total. The molecule has 0 spiro atoms. The fourth-order valence-electron chi connectivity index (χ4n) is 2.17. The molecule has 21 heavy (non-hydrogen) atoms. The van der Waals surface area contributed by atoms with Gasteiger partial charge in [-0.1, -0.05) is 32.0 Å². The Morgan fingerprint density at radius 3 is 2.62 bits per heavy atom. The maximum absolute atomic E-state index is 11.7. The van der Waals surface area contributed by atoms with Crippen LogP contribution in [0.25, 0.3) is 10.9 Å². The van der Waals surface area contributed by atoms with Crippen LogP contribution in [0.4, 0.5) is 5.82 Å². The quantitative estimate of drug-likeness (QED) is 0.784. The van der Waals surface area contributed by atoms with E-state index in [0.717, 1.165) is 10.9 Å².